The smallest absolute Gasteiger partial charge is 0.0924 e. The minimum absolute atomic E-state index is 0.616. The third kappa shape index (κ3) is 1.56. The van der Waals surface area contributed by atoms with E-state index in [1.54, 1.807) is 7.11 Å². The predicted octanol–water partition coefficient (Wildman–Crippen LogP) is 1.86. The van der Waals surface area contributed by atoms with Crippen LogP contribution in [0.2, 0.25) is 0 Å². The van der Waals surface area contributed by atoms with E-state index in [1.165, 1.54) is 5.56 Å². The molecule has 0 bridgehead atoms. The van der Waals surface area contributed by atoms with Gasteiger partial charge in [0, 0.05) is 20.1 Å². The molecule has 1 aromatic rings. The second-order valence-corrected chi connectivity index (χ2v) is 3.93. The molecule has 0 amide bonds. The van der Waals surface area contributed by atoms with Crippen LogP contribution in [0, 0.1) is 0 Å². The van der Waals surface area contributed by atoms with E-state index in [0.29, 0.717) is 13.0 Å². The lowest BCUT2D eigenvalue weighted by molar-refractivity contribution is 0.00580. The minimum atomic E-state index is -0.646. The van der Waals surface area contributed by atoms with Gasteiger partial charge in [-0.1, -0.05) is 24.3 Å². The molecule has 0 heterocycles. The molecule has 1 atom stereocenters. The molecule has 0 saturated heterocycles. The maximum atomic E-state index is 10.4. The molecule has 0 aromatic heterocycles. The first kappa shape index (κ1) is 9.69. The number of aryl methyl sites for hydroxylation is 1. The fraction of sp³-hybridized carbons (Fsp3) is 0.500. The predicted molar refractivity (Wildman–Crippen MR) is 55.2 cm³/mol. The summed E-state index contributed by atoms with van der Waals surface area (Å²) in [7, 11) is 1.67. The largest absolute Gasteiger partial charge is 0.385 e. The molecule has 0 radical (unpaired) electrons. The number of ether oxygens (including phenoxy) is 1. The number of hydrogen-bond acceptors (Lipinski definition) is 2. The van der Waals surface area contributed by atoms with E-state index in [1.807, 2.05) is 18.2 Å². The molecule has 0 aliphatic heterocycles. The van der Waals surface area contributed by atoms with Crippen molar-refractivity contribution in [3.8, 4) is 0 Å². The van der Waals surface area contributed by atoms with Crippen LogP contribution in [0.3, 0.4) is 0 Å². The van der Waals surface area contributed by atoms with Gasteiger partial charge in [0.25, 0.3) is 0 Å². The van der Waals surface area contributed by atoms with E-state index in [4.69, 9.17) is 4.74 Å². The third-order valence-corrected chi connectivity index (χ3v) is 3.05. The van der Waals surface area contributed by atoms with E-state index in [0.717, 1.165) is 18.4 Å². The molecule has 14 heavy (non-hydrogen) atoms. The molecule has 2 rings (SSSR count). The second-order valence-electron chi connectivity index (χ2n) is 3.93. The summed E-state index contributed by atoms with van der Waals surface area (Å²) in [5.41, 5.74) is 1.73. The van der Waals surface area contributed by atoms with Crippen molar-refractivity contribution in [3.63, 3.8) is 0 Å². The van der Waals surface area contributed by atoms with E-state index in [2.05, 4.69) is 6.07 Å². The Kier molecular flexibility index (Phi) is 2.57. The molecule has 1 N–H and O–H groups in total. The minimum Gasteiger partial charge on any atom is -0.385 e. The van der Waals surface area contributed by atoms with Crippen molar-refractivity contribution < 1.29 is 9.84 Å². The quantitative estimate of drug-likeness (QED) is 0.792. The van der Waals surface area contributed by atoms with Crippen molar-refractivity contribution in [2.75, 3.05) is 13.7 Å². The van der Waals surface area contributed by atoms with Gasteiger partial charge >= 0.3 is 0 Å². The molecule has 0 saturated carbocycles. The standard InChI is InChI=1S/C12H16O2/c1-14-9-8-12(13)7-6-10-4-2-3-5-11(10)12/h2-5,13H,6-9H2,1H3. The van der Waals surface area contributed by atoms with E-state index in [-0.39, 0.29) is 0 Å². The molecule has 1 aliphatic rings. The molecule has 1 aliphatic carbocycles. The summed E-state index contributed by atoms with van der Waals surface area (Å²) in [6.07, 6.45) is 2.51. The Labute approximate surface area is 84.5 Å². The monoisotopic (exact) mass is 192 g/mol. The van der Waals surface area contributed by atoms with Crippen LogP contribution in [0.1, 0.15) is 24.0 Å². The summed E-state index contributed by atoms with van der Waals surface area (Å²) in [6.45, 7) is 0.616. The Balaban J connectivity index is 2.23. The SMILES string of the molecule is COCCC1(O)CCc2ccccc21. The van der Waals surface area contributed by atoms with Gasteiger partial charge < -0.3 is 9.84 Å². The number of benzene rings is 1. The lowest BCUT2D eigenvalue weighted by atomic mass is 9.93. The molecular formula is C12H16O2. The molecule has 0 fully saturated rings. The zero-order valence-electron chi connectivity index (χ0n) is 8.49. The van der Waals surface area contributed by atoms with Crippen LogP contribution in [0.4, 0.5) is 0 Å². The van der Waals surface area contributed by atoms with Crippen molar-refractivity contribution in [1.29, 1.82) is 0 Å². The van der Waals surface area contributed by atoms with Gasteiger partial charge in [-0.15, -0.1) is 0 Å². The molecule has 0 spiro atoms. The highest BCUT2D eigenvalue weighted by Gasteiger charge is 2.35. The van der Waals surface area contributed by atoms with Gasteiger partial charge in [-0.05, 0) is 24.0 Å². The van der Waals surface area contributed by atoms with Gasteiger partial charge in [-0.2, -0.15) is 0 Å². The second kappa shape index (κ2) is 3.71. The van der Waals surface area contributed by atoms with Crippen molar-refractivity contribution in [2.24, 2.45) is 0 Å². The van der Waals surface area contributed by atoms with Gasteiger partial charge in [0.2, 0.25) is 0 Å². The summed E-state index contributed by atoms with van der Waals surface area (Å²) in [6, 6.07) is 8.14. The van der Waals surface area contributed by atoms with Crippen molar-refractivity contribution in [1.82, 2.24) is 0 Å². The highest BCUT2D eigenvalue weighted by Crippen LogP contribution is 2.38. The summed E-state index contributed by atoms with van der Waals surface area (Å²) < 4.78 is 5.02. The molecule has 2 heteroatoms. The van der Waals surface area contributed by atoms with Gasteiger partial charge in [0.1, 0.15) is 0 Å². The number of methoxy groups -OCH3 is 1. The van der Waals surface area contributed by atoms with Crippen LogP contribution in [-0.4, -0.2) is 18.8 Å². The average Bonchev–Trinajstić information content (AvgIpc) is 2.55. The van der Waals surface area contributed by atoms with E-state index in [9.17, 15) is 5.11 Å². The maximum absolute atomic E-state index is 10.4. The van der Waals surface area contributed by atoms with Crippen molar-refractivity contribution in [2.45, 2.75) is 24.9 Å². The Bertz CT molecular complexity index is 322. The van der Waals surface area contributed by atoms with Gasteiger partial charge in [-0.25, -0.2) is 0 Å². The lowest BCUT2D eigenvalue weighted by Crippen LogP contribution is -2.24. The Morgan fingerprint density at radius 3 is 3.00 bits per heavy atom. The first-order valence-electron chi connectivity index (χ1n) is 5.06. The highest BCUT2D eigenvalue weighted by molar-refractivity contribution is 5.36. The summed E-state index contributed by atoms with van der Waals surface area (Å²) in [4.78, 5) is 0. The normalized spacial score (nSPS) is 25.0. The number of aliphatic hydroxyl groups is 1. The zero-order valence-corrected chi connectivity index (χ0v) is 8.49. The van der Waals surface area contributed by atoms with Crippen LogP contribution in [-0.2, 0) is 16.8 Å². The van der Waals surface area contributed by atoms with Crippen LogP contribution in [0.5, 0.6) is 0 Å². The third-order valence-electron chi connectivity index (χ3n) is 3.05. The van der Waals surface area contributed by atoms with Gasteiger partial charge in [0.15, 0.2) is 0 Å². The summed E-state index contributed by atoms with van der Waals surface area (Å²) in [5, 5.41) is 10.4. The average molecular weight is 192 g/mol. The first-order chi connectivity index (χ1) is 6.76. The highest BCUT2D eigenvalue weighted by atomic mass is 16.5. The number of rotatable bonds is 3. The topological polar surface area (TPSA) is 29.5 Å². The number of hydrogen-bond donors (Lipinski definition) is 1. The summed E-state index contributed by atoms with van der Waals surface area (Å²) in [5.74, 6) is 0. The maximum Gasteiger partial charge on any atom is 0.0924 e. The fourth-order valence-electron chi connectivity index (χ4n) is 2.20. The zero-order chi connectivity index (χ0) is 10.0. The van der Waals surface area contributed by atoms with Crippen molar-refractivity contribution >= 4 is 0 Å². The molecular weight excluding hydrogens is 176 g/mol. The van der Waals surface area contributed by atoms with Crippen molar-refractivity contribution in [3.05, 3.63) is 35.4 Å². The number of fused-ring (bicyclic) bond motifs is 1. The first-order valence-corrected chi connectivity index (χ1v) is 5.06. The Morgan fingerprint density at radius 1 is 1.43 bits per heavy atom. The van der Waals surface area contributed by atoms with Gasteiger partial charge in [-0.3, -0.25) is 0 Å². The van der Waals surface area contributed by atoms with Crippen LogP contribution >= 0.6 is 0 Å². The summed E-state index contributed by atoms with van der Waals surface area (Å²) >= 11 is 0. The Morgan fingerprint density at radius 2 is 2.21 bits per heavy atom. The van der Waals surface area contributed by atoms with Gasteiger partial charge in [0.05, 0.1) is 5.60 Å². The molecule has 1 unspecified atom stereocenters. The van der Waals surface area contributed by atoms with E-state index >= 15 is 0 Å². The molecule has 1 aromatic carbocycles. The Hall–Kier alpha value is -0.860. The van der Waals surface area contributed by atoms with Crippen LogP contribution in [0.25, 0.3) is 0 Å². The van der Waals surface area contributed by atoms with Crippen LogP contribution < -0.4 is 0 Å². The molecule has 76 valence electrons. The van der Waals surface area contributed by atoms with Crippen LogP contribution in [0.15, 0.2) is 24.3 Å². The lowest BCUT2D eigenvalue weighted by Gasteiger charge is -2.23. The van der Waals surface area contributed by atoms with E-state index < -0.39 is 5.60 Å². The molecule has 2 nitrogen and oxygen atoms in total. The fourth-order valence-corrected chi connectivity index (χ4v) is 2.20.